The molecule has 31 heavy (non-hydrogen) atoms. The summed E-state index contributed by atoms with van der Waals surface area (Å²) in [5.41, 5.74) is 0.0741. The summed E-state index contributed by atoms with van der Waals surface area (Å²) in [6.07, 6.45) is 4.68. The van der Waals surface area contributed by atoms with Gasteiger partial charge in [0.2, 0.25) is 0 Å². The molecule has 9 nitrogen and oxygen atoms in total. The van der Waals surface area contributed by atoms with E-state index in [2.05, 4.69) is 10.0 Å². The summed E-state index contributed by atoms with van der Waals surface area (Å²) in [6.45, 7) is 1.65. The van der Waals surface area contributed by atoms with E-state index >= 15 is 0 Å². The molecule has 1 atom stereocenters. The molecule has 1 aliphatic rings. The largest absolute Gasteiger partial charge is 0.481 e. The van der Waals surface area contributed by atoms with Crippen molar-refractivity contribution in [1.29, 1.82) is 0 Å². The monoisotopic (exact) mass is 447 g/mol. The number of rotatable bonds is 8. The van der Waals surface area contributed by atoms with E-state index in [0.717, 1.165) is 25.7 Å². The van der Waals surface area contributed by atoms with Crippen molar-refractivity contribution in [2.45, 2.75) is 56.1 Å². The first-order valence-corrected chi connectivity index (χ1v) is 11.6. The summed E-state index contributed by atoms with van der Waals surface area (Å²) >= 11 is 0. The quantitative estimate of drug-likeness (QED) is 0.470. The van der Waals surface area contributed by atoms with Gasteiger partial charge in [-0.05, 0) is 56.2 Å². The average Bonchev–Trinajstić information content (AvgIpc) is 2.75. The maximum atomic E-state index is 12.5. The first-order chi connectivity index (χ1) is 14.7. The number of anilines is 1. The number of nitrogens with zero attached hydrogens (tertiary/aromatic N) is 1. The standard InChI is InChI=1S/C21H25N3O6S/c1-15(21(25)22-16-5-3-2-4-6-16)30-19-11-13-20(14-12-19)31(28,29)23-17-7-9-18(10-8-17)24(26)27/h7-16,23H,2-6H2,1H3,(H,22,25)/t15-/m1/s1. The Kier molecular flexibility index (Phi) is 7.11. The van der Waals surface area contributed by atoms with Crippen molar-refractivity contribution in [3.05, 3.63) is 58.6 Å². The number of non-ortho nitro benzene ring substituents is 1. The first kappa shape index (κ1) is 22.5. The van der Waals surface area contributed by atoms with E-state index in [1.54, 1.807) is 6.92 Å². The minimum Gasteiger partial charge on any atom is -0.481 e. The Bertz CT molecular complexity index is 1020. The second-order valence-corrected chi connectivity index (χ2v) is 9.17. The summed E-state index contributed by atoms with van der Waals surface area (Å²) in [6, 6.07) is 11.0. The Hall–Kier alpha value is -3.14. The number of carbonyl (C=O) groups is 1. The Labute approximate surface area is 181 Å². The van der Waals surface area contributed by atoms with E-state index in [0.29, 0.717) is 5.75 Å². The molecular formula is C21H25N3O6S. The SMILES string of the molecule is C[C@@H](Oc1ccc(S(=O)(=O)Nc2ccc([N+](=O)[O-])cc2)cc1)C(=O)NC1CCCCC1. The fraction of sp³-hybridized carbons (Fsp3) is 0.381. The van der Waals surface area contributed by atoms with Crippen LogP contribution < -0.4 is 14.8 Å². The van der Waals surface area contributed by atoms with Crippen LogP contribution in [0, 0.1) is 10.1 Å². The Morgan fingerprint density at radius 3 is 2.26 bits per heavy atom. The number of sulfonamides is 1. The highest BCUT2D eigenvalue weighted by molar-refractivity contribution is 7.92. The third kappa shape index (κ3) is 6.17. The van der Waals surface area contributed by atoms with Gasteiger partial charge >= 0.3 is 0 Å². The van der Waals surface area contributed by atoms with E-state index in [-0.39, 0.29) is 28.2 Å². The van der Waals surface area contributed by atoms with Crippen LogP contribution in [0.25, 0.3) is 0 Å². The highest BCUT2D eigenvalue weighted by Crippen LogP contribution is 2.22. The predicted octanol–water partition coefficient (Wildman–Crippen LogP) is 3.61. The number of nitrogens with one attached hydrogen (secondary N) is 2. The van der Waals surface area contributed by atoms with E-state index in [1.807, 2.05) is 0 Å². The van der Waals surface area contributed by atoms with Gasteiger partial charge in [-0.15, -0.1) is 0 Å². The van der Waals surface area contributed by atoms with Crippen molar-refractivity contribution < 1.29 is 22.9 Å². The normalized spacial score (nSPS) is 15.6. The van der Waals surface area contributed by atoms with Gasteiger partial charge in [-0.2, -0.15) is 0 Å². The lowest BCUT2D eigenvalue weighted by molar-refractivity contribution is -0.384. The van der Waals surface area contributed by atoms with Crippen LogP contribution in [0.5, 0.6) is 5.75 Å². The molecule has 2 aromatic rings. The number of nitro benzene ring substituents is 1. The molecule has 2 aromatic carbocycles. The maximum absolute atomic E-state index is 12.5. The molecule has 2 N–H and O–H groups in total. The fourth-order valence-corrected chi connectivity index (χ4v) is 4.44. The number of ether oxygens (including phenoxy) is 1. The minimum atomic E-state index is -3.88. The second kappa shape index (κ2) is 9.78. The second-order valence-electron chi connectivity index (χ2n) is 7.48. The molecule has 1 fully saturated rings. The summed E-state index contributed by atoms with van der Waals surface area (Å²) in [5, 5.41) is 13.7. The number of hydrogen-bond acceptors (Lipinski definition) is 6. The first-order valence-electron chi connectivity index (χ1n) is 10.1. The lowest BCUT2D eigenvalue weighted by Crippen LogP contribution is -2.43. The molecular weight excluding hydrogens is 422 g/mol. The van der Waals surface area contributed by atoms with Crippen molar-refractivity contribution in [2.24, 2.45) is 0 Å². The summed E-state index contributed by atoms with van der Waals surface area (Å²) in [5.74, 6) is 0.184. The van der Waals surface area contributed by atoms with E-state index in [4.69, 9.17) is 4.74 Å². The lowest BCUT2D eigenvalue weighted by Gasteiger charge is -2.24. The van der Waals surface area contributed by atoms with E-state index < -0.39 is 21.1 Å². The molecule has 1 aliphatic carbocycles. The van der Waals surface area contributed by atoms with Crippen molar-refractivity contribution in [3.8, 4) is 5.75 Å². The van der Waals surface area contributed by atoms with Gasteiger partial charge in [0.15, 0.2) is 6.10 Å². The molecule has 10 heteroatoms. The third-order valence-corrected chi connectivity index (χ3v) is 6.50. The topological polar surface area (TPSA) is 128 Å². The number of hydrogen-bond donors (Lipinski definition) is 2. The zero-order valence-corrected chi connectivity index (χ0v) is 17.9. The van der Waals surface area contributed by atoms with Gasteiger partial charge < -0.3 is 10.1 Å². The lowest BCUT2D eigenvalue weighted by atomic mass is 9.95. The Balaban J connectivity index is 1.59. The summed E-state index contributed by atoms with van der Waals surface area (Å²) in [4.78, 5) is 22.5. The number of nitro groups is 1. The number of carbonyl (C=O) groups excluding carboxylic acids is 1. The molecule has 166 valence electrons. The summed E-state index contributed by atoms with van der Waals surface area (Å²) in [7, 11) is -3.88. The van der Waals surface area contributed by atoms with Crippen LogP contribution in [0.4, 0.5) is 11.4 Å². The number of amides is 1. The van der Waals surface area contributed by atoms with Gasteiger partial charge in [-0.1, -0.05) is 19.3 Å². The van der Waals surface area contributed by atoms with Gasteiger partial charge in [0, 0.05) is 23.9 Å². The Morgan fingerprint density at radius 2 is 1.68 bits per heavy atom. The van der Waals surface area contributed by atoms with Gasteiger partial charge in [-0.3, -0.25) is 19.6 Å². The van der Waals surface area contributed by atoms with Crippen LogP contribution in [0.15, 0.2) is 53.4 Å². The van der Waals surface area contributed by atoms with Crippen molar-refractivity contribution in [1.82, 2.24) is 5.32 Å². The number of benzene rings is 2. The van der Waals surface area contributed by atoms with Crippen molar-refractivity contribution in [2.75, 3.05) is 4.72 Å². The molecule has 1 saturated carbocycles. The molecule has 0 aliphatic heterocycles. The van der Waals surface area contributed by atoms with Crippen LogP contribution in [0.3, 0.4) is 0 Å². The molecule has 3 rings (SSSR count). The van der Waals surface area contributed by atoms with E-state index in [9.17, 15) is 23.3 Å². The highest BCUT2D eigenvalue weighted by atomic mass is 32.2. The van der Waals surface area contributed by atoms with Crippen LogP contribution in [0.1, 0.15) is 39.0 Å². The van der Waals surface area contributed by atoms with Gasteiger partial charge in [0.05, 0.1) is 9.82 Å². The molecule has 0 bridgehead atoms. The van der Waals surface area contributed by atoms with Gasteiger partial charge in [-0.25, -0.2) is 8.42 Å². The van der Waals surface area contributed by atoms with Crippen LogP contribution in [-0.2, 0) is 14.8 Å². The molecule has 1 amide bonds. The fourth-order valence-electron chi connectivity index (χ4n) is 3.39. The van der Waals surface area contributed by atoms with Crippen molar-refractivity contribution in [3.63, 3.8) is 0 Å². The maximum Gasteiger partial charge on any atom is 0.269 e. The summed E-state index contributed by atoms with van der Waals surface area (Å²) < 4.78 is 33.1. The van der Waals surface area contributed by atoms with Crippen LogP contribution in [-0.4, -0.2) is 31.4 Å². The Morgan fingerprint density at radius 1 is 1.06 bits per heavy atom. The third-order valence-electron chi connectivity index (χ3n) is 5.10. The van der Waals surface area contributed by atoms with Crippen LogP contribution >= 0.6 is 0 Å². The molecule has 0 spiro atoms. The van der Waals surface area contributed by atoms with Gasteiger partial charge in [0.1, 0.15) is 5.75 Å². The highest BCUT2D eigenvalue weighted by Gasteiger charge is 2.21. The average molecular weight is 448 g/mol. The zero-order valence-electron chi connectivity index (χ0n) is 17.1. The minimum absolute atomic E-state index is 0.00230. The van der Waals surface area contributed by atoms with Crippen LogP contribution in [0.2, 0.25) is 0 Å². The molecule has 0 radical (unpaired) electrons. The predicted molar refractivity (Wildman–Crippen MR) is 115 cm³/mol. The van der Waals surface area contributed by atoms with E-state index in [1.165, 1.54) is 55.0 Å². The molecule has 0 aromatic heterocycles. The zero-order chi connectivity index (χ0) is 22.4. The molecule has 0 unspecified atom stereocenters. The van der Waals surface area contributed by atoms with Crippen molar-refractivity contribution >= 4 is 27.3 Å². The molecule has 0 heterocycles. The van der Waals surface area contributed by atoms with Gasteiger partial charge in [0.25, 0.3) is 21.6 Å². The smallest absolute Gasteiger partial charge is 0.269 e. The molecule has 0 saturated heterocycles.